The van der Waals surface area contributed by atoms with E-state index >= 15 is 0 Å². The summed E-state index contributed by atoms with van der Waals surface area (Å²) in [5.41, 5.74) is 20.9. The molecule has 0 saturated carbocycles. The number of rotatable bonds is 7. The number of hydrogen-bond acceptors (Lipinski definition) is 3. The summed E-state index contributed by atoms with van der Waals surface area (Å²) in [6.45, 7) is 4.66. The molecule has 0 fully saturated rings. The Hall–Kier alpha value is -8.14. The second kappa shape index (κ2) is 15.0. The third-order valence-corrected chi connectivity index (χ3v) is 13.1. The van der Waals surface area contributed by atoms with Gasteiger partial charge in [0.15, 0.2) is 5.82 Å². The van der Waals surface area contributed by atoms with E-state index in [4.69, 9.17) is 14.4 Å². The predicted octanol–water partition coefficient (Wildman–Crippen LogP) is 16.4. The van der Waals surface area contributed by atoms with Crippen LogP contribution in [0.3, 0.4) is 0 Å². The third-order valence-electron chi connectivity index (χ3n) is 13.1. The maximum absolute atomic E-state index is 6.26. The molecule has 3 heteroatoms. The molecule has 0 atom stereocenters. The number of para-hydroxylation sites is 1. The van der Waals surface area contributed by atoms with Crippen LogP contribution in [-0.4, -0.2) is 9.97 Å². The number of fused-ring (bicyclic) bond motifs is 6. The van der Waals surface area contributed by atoms with Crippen molar-refractivity contribution in [2.75, 3.05) is 0 Å². The molecule has 2 heterocycles. The Balaban J connectivity index is 1.04. The Morgan fingerprint density at radius 2 is 0.844 bits per heavy atom. The highest BCUT2D eigenvalue weighted by atomic mass is 16.3. The van der Waals surface area contributed by atoms with Gasteiger partial charge in [0.25, 0.3) is 0 Å². The molecule has 1 aliphatic carbocycles. The lowest BCUT2D eigenvalue weighted by Crippen LogP contribution is -2.14. The van der Waals surface area contributed by atoms with E-state index in [-0.39, 0.29) is 5.41 Å². The van der Waals surface area contributed by atoms with Gasteiger partial charge in [-0.05, 0) is 115 Å². The standard InChI is InChI=1S/C61H42N2O/c1-61(2)54-23-13-11-20-49(54)52-37-44(29-31-55(52)61)48-19-9-10-21-50(48)57-38-56(62-60(63-57)42-17-7-4-8-18-42)47-34-45(41-27-25-40(26-28-41)39-15-5-3-6-16-39)33-46(35-47)43-30-32-59-53(36-43)51-22-12-14-24-58(51)64-59/h3-38H,1-2H3. The average Bonchev–Trinajstić information content (AvgIpc) is 3.85. The fraction of sp³-hybridized carbons (Fsp3) is 0.0492. The van der Waals surface area contributed by atoms with Crippen LogP contribution in [0, 0.1) is 0 Å². The maximum Gasteiger partial charge on any atom is 0.160 e. The first-order valence-corrected chi connectivity index (χ1v) is 22.0. The summed E-state index contributed by atoms with van der Waals surface area (Å²) >= 11 is 0. The van der Waals surface area contributed by atoms with E-state index in [1.165, 1.54) is 33.4 Å². The zero-order valence-corrected chi connectivity index (χ0v) is 35.6. The highest BCUT2D eigenvalue weighted by Crippen LogP contribution is 2.50. The molecule has 1 aliphatic rings. The van der Waals surface area contributed by atoms with Gasteiger partial charge in [0.05, 0.1) is 11.4 Å². The molecule has 0 unspecified atom stereocenters. The van der Waals surface area contributed by atoms with Crippen LogP contribution in [0.25, 0.3) is 111 Å². The van der Waals surface area contributed by atoms with Crippen molar-refractivity contribution in [1.29, 1.82) is 0 Å². The van der Waals surface area contributed by atoms with Crippen molar-refractivity contribution in [2.45, 2.75) is 19.3 Å². The SMILES string of the molecule is CC1(C)c2ccccc2-c2cc(-c3ccccc3-c3cc(-c4cc(-c5ccc(-c6ccccc6)cc5)cc(-c5ccc6oc7ccccc7c6c5)c4)nc(-c4ccccc4)n3)ccc21. The van der Waals surface area contributed by atoms with Gasteiger partial charge in [0.1, 0.15) is 11.2 Å². The maximum atomic E-state index is 6.26. The molecular formula is C61H42N2O. The van der Waals surface area contributed by atoms with Crippen LogP contribution in [0.15, 0.2) is 223 Å². The summed E-state index contributed by atoms with van der Waals surface area (Å²) in [6, 6.07) is 78.0. The molecular weight excluding hydrogens is 777 g/mol. The lowest BCUT2D eigenvalue weighted by Gasteiger charge is -2.21. The van der Waals surface area contributed by atoms with Crippen LogP contribution in [0.2, 0.25) is 0 Å². The van der Waals surface area contributed by atoms with Crippen LogP contribution in [-0.2, 0) is 5.41 Å². The summed E-state index contributed by atoms with van der Waals surface area (Å²) < 4.78 is 6.26. The van der Waals surface area contributed by atoms with Gasteiger partial charge in [0, 0.05) is 32.9 Å². The van der Waals surface area contributed by atoms with E-state index in [9.17, 15) is 0 Å². The minimum atomic E-state index is -0.0640. The second-order valence-corrected chi connectivity index (χ2v) is 17.4. The lowest BCUT2D eigenvalue weighted by molar-refractivity contribution is 0.660. The topological polar surface area (TPSA) is 38.9 Å². The quantitative estimate of drug-likeness (QED) is 0.161. The Bertz CT molecular complexity index is 3560. The third kappa shape index (κ3) is 6.44. The van der Waals surface area contributed by atoms with E-state index in [2.05, 4.69) is 214 Å². The summed E-state index contributed by atoms with van der Waals surface area (Å²) in [4.78, 5) is 10.7. The minimum absolute atomic E-state index is 0.0640. The molecule has 0 bridgehead atoms. The molecule has 0 amide bonds. The van der Waals surface area contributed by atoms with Gasteiger partial charge in [-0.1, -0.05) is 184 Å². The number of aromatic nitrogens is 2. The van der Waals surface area contributed by atoms with Gasteiger partial charge >= 0.3 is 0 Å². The van der Waals surface area contributed by atoms with Crippen molar-refractivity contribution >= 4 is 21.9 Å². The average molecular weight is 819 g/mol. The van der Waals surface area contributed by atoms with Gasteiger partial charge < -0.3 is 4.42 Å². The molecule has 302 valence electrons. The Morgan fingerprint density at radius 3 is 1.62 bits per heavy atom. The Morgan fingerprint density at radius 1 is 0.312 bits per heavy atom. The zero-order valence-electron chi connectivity index (χ0n) is 35.6. The van der Waals surface area contributed by atoms with Crippen molar-refractivity contribution in [3.8, 4) is 89.5 Å². The lowest BCUT2D eigenvalue weighted by atomic mass is 9.82. The molecule has 0 radical (unpaired) electrons. The summed E-state index contributed by atoms with van der Waals surface area (Å²) in [5, 5.41) is 2.20. The molecule has 64 heavy (non-hydrogen) atoms. The fourth-order valence-corrected chi connectivity index (χ4v) is 9.80. The van der Waals surface area contributed by atoms with Crippen LogP contribution in [0.4, 0.5) is 0 Å². The highest BCUT2D eigenvalue weighted by molar-refractivity contribution is 6.06. The molecule has 9 aromatic carbocycles. The van der Waals surface area contributed by atoms with Gasteiger partial charge in [-0.2, -0.15) is 0 Å². The van der Waals surface area contributed by atoms with E-state index in [0.717, 1.165) is 83.4 Å². The molecule has 0 spiro atoms. The van der Waals surface area contributed by atoms with Crippen LogP contribution < -0.4 is 0 Å². The van der Waals surface area contributed by atoms with Gasteiger partial charge in [-0.25, -0.2) is 9.97 Å². The van der Waals surface area contributed by atoms with Crippen molar-refractivity contribution < 1.29 is 4.42 Å². The van der Waals surface area contributed by atoms with E-state index in [0.29, 0.717) is 5.82 Å². The number of nitrogens with zero attached hydrogens (tertiary/aromatic N) is 2. The first kappa shape index (κ1) is 37.6. The first-order chi connectivity index (χ1) is 31.4. The van der Waals surface area contributed by atoms with Crippen molar-refractivity contribution in [2.24, 2.45) is 0 Å². The van der Waals surface area contributed by atoms with Crippen LogP contribution in [0.5, 0.6) is 0 Å². The Kier molecular flexibility index (Phi) is 8.84. The van der Waals surface area contributed by atoms with Crippen molar-refractivity contribution in [1.82, 2.24) is 9.97 Å². The monoisotopic (exact) mass is 818 g/mol. The molecule has 2 aromatic heterocycles. The van der Waals surface area contributed by atoms with Crippen molar-refractivity contribution in [3.63, 3.8) is 0 Å². The van der Waals surface area contributed by atoms with Gasteiger partial charge in [-0.15, -0.1) is 0 Å². The number of furan rings is 1. The molecule has 11 aromatic rings. The highest BCUT2D eigenvalue weighted by Gasteiger charge is 2.35. The molecule has 3 nitrogen and oxygen atoms in total. The molecule has 0 saturated heterocycles. The first-order valence-electron chi connectivity index (χ1n) is 22.0. The molecule has 0 aliphatic heterocycles. The van der Waals surface area contributed by atoms with E-state index in [1.807, 2.05) is 18.2 Å². The van der Waals surface area contributed by atoms with E-state index < -0.39 is 0 Å². The van der Waals surface area contributed by atoms with E-state index in [1.54, 1.807) is 0 Å². The minimum Gasteiger partial charge on any atom is -0.456 e. The zero-order chi connectivity index (χ0) is 42.8. The predicted molar refractivity (Wildman–Crippen MR) is 265 cm³/mol. The number of benzene rings is 9. The smallest absolute Gasteiger partial charge is 0.160 e. The van der Waals surface area contributed by atoms with Crippen LogP contribution in [0.1, 0.15) is 25.0 Å². The van der Waals surface area contributed by atoms with Crippen molar-refractivity contribution in [3.05, 3.63) is 230 Å². The largest absolute Gasteiger partial charge is 0.456 e. The van der Waals surface area contributed by atoms with Gasteiger partial charge in [0.2, 0.25) is 0 Å². The molecule has 12 rings (SSSR count). The fourth-order valence-electron chi connectivity index (χ4n) is 9.80. The summed E-state index contributed by atoms with van der Waals surface area (Å²) in [5.74, 6) is 0.679. The molecule has 0 N–H and O–H groups in total. The normalized spacial score (nSPS) is 12.7. The second-order valence-electron chi connectivity index (χ2n) is 17.4. The van der Waals surface area contributed by atoms with Gasteiger partial charge in [-0.3, -0.25) is 0 Å². The number of hydrogen-bond donors (Lipinski definition) is 0. The summed E-state index contributed by atoms with van der Waals surface area (Å²) in [7, 11) is 0. The Labute approximate surface area is 373 Å². The van der Waals surface area contributed by atoms with Crippen LogP contribution >= 0.6 is 0 Å². The summed E-state index contributed by atoms with van der Waals surface area (Å²) in [6.07, 6.45) is 0.